The van der Waals surface area contributed by atoms with Gasteiger partial charge in [-0.15, -0.1) is 0 Å². The van der Waals surface area contributed by atoms with E-state index in [0.717, 1.165) is 29.8 Å². The number of ether oxygens (including phenoxy) is 1. The molecule has 1 aromatic rings. The lowest BCUT2D eigenvalue weighted by Crippen LogP contribution is -2.40. The second-order valence-electron chi connectivity index (χ2n) is 6.42. The van der Waals surface area contributed by atoms with Gasteiger partial charge in [0.25, 0.3) is 5.91 Å². The Balaban J connectivity index is 1.63. The van der Waals surface area contributed by atoms with Crippen LogP contribution in [-0.4, -0.2) is 18.6 Å². The van der Waals surface area contributed by atoms with Gasteiger partial charge in [-0.05, 0) is 36.0 Å². The maximum atomic E-state index is 11.4. The second-order valence-corrected chi connectivity index (χ2v) is 6.42. The summed E-state index contributed by atoms with van der Waals surface area (Å²) in [6.45, 7) is 5.65. The number of fused-ring (bicyclic) bond motifs is 1. The van der Waals surface area contributed by atoms with E-state index in [1.54, 1.807) is 0 Å². The Morgan fingerprint density at radius 1 is 1.33 bits per heavy atom. The minimum atomic E-state index is -0.0812. The van der Waals surface area contributed by atoms with Crippen molar-refractivity contribution in [2.75, 3.05) is 11.9 Å². The molecule has 4 nitrogen and oxygen atoms in total. The first-order chi connectivity index (χ1) is 10.1. The van der Waals surface area contributed by atoms with Crippen molar-refractivity contribution in [2.45, 2.75) is 45.7 Å². The van der Waals surface area contributed by atoms with E-state index in [4.69, 9.17) is 4.74 Å². The lowest BCUT2D eigenvalue weighted by molar-refractivity contribution is -0.118. The first kappa shape index (κ1) is 14.4. The molecular formula is C17H24N2O2. The molecule has 0 aromatic heterocycles. The molecule has 3 atom stereocenters. The largest absolute Gasteiger partial charge is 0.482 e. The first-order valence-corrected chi connectivity index (χ1v) is 7.92. The molecule has 1 amide bonds. The molecule has 1 aromatic carbocycles. The summed E-state index contributed by atoms with van der Waals surface area (Å²) in [4.78, 5) is 11.4. The predicted molar refractivity (Wildman–Crippen MR) is 83.4 cm³/mol. The molecular weight excluding hydrogens is 264 g/mol. The zero-order chi connectivity index (χ0) is 14.8. The van der Waals surface area contributed by atoms with Gasteiger partial charge >= 0.3 is 0 Å². The van der Waals surface area contributed by atoms with Gasteiger partial charge < -0.3 is 15.4 Å². The molecule has 1 saturated carbocycles. The molecule has 3 unspecified atom stereocenters. The molecule has 0 radical (unpaired) electrons. The summed E-state index contributed by atoms with van der Waals surface area (Å²) in [5.41, 5.74) is 1.97. The maximum Gasteiger partial charge on any atom is 0.262 e. The fourth-order valence-electron chi connectivity index (χ4n) is 3.36. The van der Waals surface area contributed by atoms with Gasteiger partial charge in [0.2, 0.25) is 0 Å². The Kier molecular flexibility index (Phi) is 4.15. The summed E-state index contributed by atoms with van der Waals surface area (Å²) in [5, 5.41) is 6.54. The van der Waals surface area contributed by atoms with Crippen LogP contribution in [0.4, 0.5) is 5.69 Å². The summed E-state index contributed by atoms with van der Waals surface area (Å²) < 4.78 is 5.38. The summed E-state index contributed by atoms with van der Waals surface area (Å²) in [6, 6.07) is 6.62. The highest BCUT2D eigenvalue weighted by atomic mass is 16.5. The van der Waals surface area contributed by atoms with Crippen molar-refractivity contribution in [1.82, 2.24) is 5.32 Å². The molecule has 4 heteroatoms. The third-order valence-electron chi connectivity index (χ3n) is 4.95. The molecule has 2 aliphatic rings. The van der Waals surface area contributed by atoms with Crippen molar-refractivity contribution in [2.24, 2.45) is 11.8 Å². The van der Waals surface area contributed by atoms with E-state index in [2.05, 4.69) is 30.5 Å². The van der Waals surface area contributed by atoms with E-state index in [-0.39, 0.29) is 12.5 Å². The van der Waals surface area contributed by atoms with Gasteiger partial charge in [-0.2, -0.15) is 0 Å². The second kappa shape index (κ2) is 6.06. The number of carbonyl (C=O) groups excluding carboxylic acids is 1. The lowest BCUT2D eigenvalue weighted by Gasteiger charge is -2.35. The average Bonchev–Trinajstić information content (AvgIpc) is 2.48. The number of hydrogen-bond donors (Lipinski definition) is 2. The lowest BCUT2D eigenvalue weighted by atomic mass is 9.78. The quantitative estimate of drug-likeness (QED) is 0.899. The fraction of sp³-hybridized carbons (Fsp3) is 0.588. The Morgan fingerprint density at radius 2 is 2.19 bits per heavy atom. The Labute approximate surface area is 126 Å². The van der Waals surface area contributed by atoms with E-state index >= 15 is 0 Å². The van der Waals surface area contributed by atoms with Crippen molar-refractivity contribution < 1.29 is 9.53 Å². The van der Waals surface area contributed by atoms with Gasteiger partial charge in [-0.25, -0.2) is 0 Å². The number of nitrogens with one attached hydrogen (secondary N) is 2. The van der Waals surface area contributed by atoms with Gasteiger partial charge in [0, 0.05) is 12.6 Å². The van der Waals surface area contributed by atoms with Crippen LogP contribution >= 0.6 is 0 Å². The van der Waals surface area contributed by atoms with Crippen LogP contribution in [0.1, 0.15) is 38.7 Å². The summed E-state index contributed by atoms with van der Waals surface area (Å²) >= 11 is 0. The molecule has 1 heterocycles. The molecule has 1 fully saturated rings. The van der Waals surface area contributed by atoms with Crippen molar-refractivity contribution in [3.8, 4) is 5.75 Å². The average molecular weight is 288 g/mol. The van der Waals surface area contributed by atoms with Crippen LogP contribution in [0, 0.1) is 11.8 Å². The normalized spacial score (nSPS) is 28.5. The zero-order valence-electron chi connectivity index (χ0n) is 12.8. The molecule has 114 valence electrons. The highest BCUT2D eigenvalue weighted by Crippen LogP contribution is 2.31. The number of rotatable bonds is 3. The molecule has 1 aliphatic carbocycles. The first-order valence-electron chi connectivity index (χ1n) is 7.92. The standard InChI is InChI=1S/C17H24N2O2/c1-11-4-3-5-14(12(11)2)18-9-13-6-7-16-15(8-13)19-17(20)10-21-16/h6-8,11-12,14,18H,3-5,9-10H2,1-2H3,(H,19,20). The van der Waals surface area contributed by atoms with Crippen LogP contribution in [0.25, 0.3) is 0 Å². The van der Waals surface area contributed by atoms with Crippen molar-refractivity contribution >= 4 is 11.6 Å². The van der Waals surface area contributed by atoms with Gasteiger partial charge in [0.05, 0.1) is 5.69 Å². The number of carbonyl (C=O) groups is 1. The van der Waals surface area contributed by atoms with Gasteiger partial charge in [0.15, 0.2) is 6.61 Å². The third-order valence-corrected chi connectivity index (χ3v) is 4.95. The molecule has 21 heavy (non-hydrogen) atoms. The molecule has 0 spiro atoms. The maximum absolute atomic E-state index is 11.4. The fourth-order valence-corrected chi connectivity index (χ4v) is 3.36. The Morgan fingerprint density at radius 3 is 3.05 bits per heavy atom. The number of benzene rings is 1. The number of anilines is 1. The highest BCUT2D eigenvalue weighted by Gasteiger charge is 2.26. The van der Waals surface area contributed by atoms with Crippen LogP contribution in [0.15, 0.2) is 18.2 Å². The van der Waals surface area contributed by atoms with E-state index in [1.807, 2.05) is 12.1 Å². The Bertz CT molecular complexity index is 530. The summed E-state index contributed by atoms with van der Waals surface area (Å²) in [6.07, 6.45) is 3.93. The van der Waals surface area contributed by atoms with E-state index in [0.29, 0.717) is 6.04 Å². The van der Waals surface area contributed by atoms with E-state index in [9.17, 15) is 4.79 Å². The molecule has 1 aliphatic heterocycles. The SMILES string of the molecule is CC1CCCC(NCc2ccc3c(c2)NC(=O)CO3)C1C. The minimum absolute atomic E-state index is 0.0812. The van der Waals surface area contributed by atoms with Crippen LogP contribution in [0.5, 0.6) is 5.75 Å². The van der Waals surface area contributed by atoms with Crippen LogP contribution in [0.3, 0.4) is 0 Å². The zero-order valence-corrected chi connectivity index (χ0v) is 12.8. The molecule has 0 bridgehead atoms. The summed E-state index contributed by atoms with van der Waals surface area (Å²) in [7, 11) is 0. The third kappa shape index (κ3) is 3.21. The van der Waals surface area contributed by atoms with Crippen LogP contribution in [-0.2, 0) is 11.3 Å². The summed E-state index contributed by atoms with van der Waals surface area (Å²) in [5.74, 6) is 2.20. The van der Waals surface area contributed by atoms with Gasteiger partial charge in [0.1, 0.15) is 5.75 Å². The predicted octanol–water partition coefficient (Wildman–Crippen LogP) is 2.93. The smallest absolute Gasteiger partial charge is 0.262 e. The van der Waals surface area contributed by atoms with Crippen molar-refractivity contribution in [3.63, 3.8) is 0 Å². The number of amides is 1. The van der Waals surface area contributed by atoms with Crippen molar-refractivity contribution in [3.05, 3.63) is 23.8 Å². The van der Waals surface area contributed by atoms with E-state index in [1.165, 1.54) is 24.8 Å². The molecule has 0 saturated heterocycles. The topological polar surface area (TPSA) is 50.4 Å². The number of hydrogen-bond acceptors (Lipinski definition) is 3. The Hall–Kier alpha value is -1.55. The van der Waals surface area contributed by atoms with Gasteiger partial charge in [-0.3, -0.25) is 4.79 Å². The van der Waals surface area contributed by atoms with Gasteiger partial charge in [-0.1, -0.05) is 32.8 Å². The highest BCUT2D eigenvalue weighted by molar-refractivity contribution is 5.95. The van der Waals surface area contributed by atoms with Crippen molar-refractivity contribution in [1.29, 1.82) is 0 Å². The monoisotopic (exact) mass is 288 g/mol. The molecule has 3 rings (SSSR count). The molecule has 2 N–H and O–H groups in total. The van der Waals surface area contributed by atoms with Crippen LogP contribution in [0.2, 0.25) is 0 Å². The minimum Gasteiger partial charge on any atom is -0.482 e. The van der Waals surface area contributed by atoms with E-state index < -0.39 is 0 Å². The van der Waals surface area contributed by atoms with Crippen LogP contribution < -0.4 is 15.4 Å².